The van der Waals surface area contributed by atoms with Gasteiger partial charge in [-0.3, -0.25) is 0 Å². The molecule has 0 aliphatic rings. The Hall–Kier alpha value is -2.47. The number of ether oxygens (including phenoxy) is 1. The molecule has 0 unspecified atom stereocenters. The van der Waals surface area contributed by atoms with Crippen LogP contribution in [0.25, 0.3) is 0 Å². The summed E-state index contributed by atoms with van der Waals surface area (Å²) < 4.78 is 33.4. The first kappa shape index (κ1) is 18.3. The SMILES string of the molecule is Cc1ccc(Oc2cc(C)nc(SCc3c(F)cccc3F)n2)c(C)c1. The third-order valence-corrected chi connectivity index (χ3v) is 4.64. The van der Waals surface area contributed by atoms with Crippen LogP contribution in [0.15, 0.2) is 47.6 Å². The fourth-order valence-corrected chi connectivity index (χ4v) is 3.38. The molecular weight excluding hydrogens is 354 g/mol. The topological polar surface area (TPSA) is 35.0 Å². The maximum Gasteiger partial charge on any atom is 0.223 e. The highest BCUT2D eigenvalue weighted by Crippen LogP contribution is 2.28. The first-order valence-corrected chi connectivity index (χ1v) is 9.07. The lowest BCUT2D eigenvalue weighted by Gasteiger charge is -2.10. The van der Waals surface area contributed by atoms with Crippen molar-refractivity contribution in [1.82, 2.24) is 9.97 Å². The molecule has 0 aliphatic heterocycles. The Labute approximate surface area is 155 Å². The van der Waals surface area contributed by atoms with Crippen LogP contribution in [-0.4, -0.2) is 9.97 Å². The molecule has 3 rings (SSSR count). The lowest BCUT2D eigenvalue weighted by atomic mass is 10.1. The van der Waals surface area contributed by atoms with Crippen LogP contribution in [0.1, 0.15) is 22.4 Å². The van der Waals surface area contributed by atoms with E-state index in [-0.39, 0.29) is 11.3 Å². The summed E-state index contributed by atoms with van der Waals surface area (Å²) in [4.78, 5) is 8.66. The van der Waals surface area contributed by atoms with Crippen molar-refractivity contribution >= 4 is 11.8 Å². The van der Waals surface area contributed by atoms with E-state index >= 15 is 0 Å². The van der Waals surface area contributed by atoms with Crippen LogP contribution in [0.3, 0.4) is 0 Å². The average Bonchev–Trinajstić information content (AvgIpc) is 2.56. The second kappa shape index (κ2) is 7.83. The van der Waals surface area contributed by atoms with Crippen molar-refractivity contribution < 1.29 is 13.5 Å². The number of rotatable bonds is 5. The number of halogens is 2. The van der Waals surface area contributed by atoms with E-state index in [4.69, 9.17) is 4.74 Å². The monoisotopic (exact) mass is 372 g/mol. The Balaban J connectivity index is 1.79. The van der Waals surface area contributed by atoms with Crippen molar-refractivity contribution in [3.05, 3.63) is 76.5 Å². The molecule has 0 spiro atoms. The standard InChI is InChI=1S/C20H18F2N2OS/c1-12-7-8-18(13(2)9-12)25-19-10-14(3)23-20(24-19)26-11-15-16(21)5-4-6-17(15)22/h4-10H,11H2,1-3H3. The molecular formula is C20H18F2N2OS. The van der Waals surface area contributed by atoms with Crippen LogP contribution in [0, 0.1) is 32.4 Å². The summed E-state index contributed by atoms with van der Waals surface area (Å²) in [5.41, 5.74) is 2.89. The lowest BCUT2D eigenvalue weighted by molar-refractivity contribution is 0.451. The van der Waals surface area contributed by atoms with Gasteiger partial charge in [-0.2, -0.15) is 4.98 Å². The first-order valence-electron chi connectivity index (χ1n) is 8.09. The fourth-order valence-electron chi connectivity index (χ4n) is 2.46. The number of benzene rings is 2. The van der Waals surface area contributed by atoms with Gasteiger partial charge in [-0.1, -0.05) is 35.5 Å². The molecule has 0 aliphatic carbocycles. The summed E-state index contributed by atoms with van der Waals surface area (Å²) in [6, 6.07) is 11.4. The smallest absolute Gasteiger partial charge is 0.223 e. The van der Waals surface area contributed by atoms with Crippen LogP contribution >= 0.6 is 11.8 Å². The molecule has 0 N–H and O–H groups in total. The average molecular weight is 372 g/mol. The van der Waals surface area contributed by atoms with Gasteiger partial charge < -0.3 is 4.74 Å². The van der Waals surface area contributed by atoms with Crippen LogP contribution in [-0.2, 0) is 5.75 Å². The Kier molecular flexibility index (Phi) is 5.52. The zero-order valence-corrected chi connectivity index (χ0v) is 15.5. The van der Waals surface area contributed by atoms with E-state index in [9.17, 15) is 8.78 Å². The van der Waals surface area contributed by atoms with Gasteiger partial charge in [0.05, 0.1) is 0 Å². The van der Waals surface area contributed by atoms with Crippen LogP contribution < -0.4 is 4.74 Å². The minimum absolute atomic E-state index is 0.0134. The number of aromatic nitrogens is 2. The predicted molar refractivity (Wildman–Crippen MR) is 98.7 cm³/mol. The van der Waals surface area contributed by atoms with Gasteiger partial charge in [0.25, 0.3) is 0 Å². The van der Waals surface area contributed by atoms with Crippen molar-refractivity contribution in [2.45, 2.75) is 31.7 Å². The molecule has 0 fully saturated rings. The second-order valence-corrected chi connectivity index (χ2v) is 6.93. The highest BCUT2D eigenvalue weighted by molar-refractivity contribution is 7.98. The third kappa shape index (κ3) is 4.38. The number of hydrogen-bond acceptors (Lipinski definition) is 4. The Morgan fingerprint density at radius 2 is 1.69 bits per heavy atom. The molecule has 3 nitrogen and oxygen atoms in total. The normalized spacial score (nSPS) is 10.8. The molecule has 0 saturated carbocycles. The third-order valence-electron chi connectivity index (χ3n) is 3.76. The molecule has 1 heterocycles. The molecule has 2 aromatic carbocycles. The van der Waals surface area contributed by atoms with Crippen molar-refractivity contribution in [3.8, 4) is 11.6 Å². The lowest BCUT2D eigenvalue weighted by Crippen LogP contribution is -1.98. The minimum Gasteiger partial charge on any atom is -0.439 e. The van der Waals surface area contributed by atoms with E-state index in [1.54, 1.807) is 6.07 Å². The van der Waals surface area contributed by atoms with Crippen LogP contribution in [0.2, 0.25) is 0 Å². The van der Waals surface area contributed by atoms with Crippen LogP contribution in [0.5, 0.6) is 11.6 Å². The molecule has 6 heteroatoms. The minimum atomic E-state index is -0.572. The van der Waals surface area contributed by atoms with Crippen molar-refractivity contribution in [3.63, 3.8) is 0 Å². The number of hydrogen-bond donors (Lipinski definition) is 0. The maximum absolute atomic E-state index is 13.8. The number of aryl methyl sites for hydroxylation is 3. The van der Waals surface area contributed by atoms with E-state index in [1.807, 2.05) is 39.0 Å². The molecule has 0 saturated heterocycles. The molecule has 0 bridgehead atoms. The van der Waals surface area contributed by atoms with Crippen molar-refractivity contribution in [1.29, 1.82) is 0 Å². The van der Waals surface area contributed by atoms with E-state index in [0.29, 0.717) is 16.8 Å². The molecule has 0 atom stereocenters. The highest BCUT2D eigenvalue weighted by Gasteiger charge is 2.12. The molecule has 1 aromatic heterocycles. The van der Waals surface area contributed by atoms with Gasteiger partial charge in [-0.05, 0) is 44.5 Å². The molecule has 134 valence electrons. The van der Waals surface area contributed by atoms with Crippen molar-refractivity contribution in [2.75, 3.05) is 0 Å². The summed E-state index contributed by atoms with van der Waals surface area (Å²) in [7, 11) is 0. The summed E-state index contributed by atoms with van der Waals surface area (Å²) in [5, 5.41) is 0.410. The van der Waals surface area contributed by atoms with Gasteiger partial charge in [0.15, 0.2) is 5.16 Å². The van der Waals surface area contributed by atoms with E-state index in [2.05, 4.69) is 9.97 Å². The summed E-state index contributed by atoms with van der Waals surface area (Å²) in [5.74, 6) is 0.0740. The van der Waals surface area contributed by atoms with Crippen molar-refractivity contribution in [2.24, 2.45) is 0 Å². The Bertz CT molecular complexity index is 927. The molecule has 0 amide bonds. The van der Waals surface area contributed by atoms with E-state index in [0.717, 1.165) is 16.8 Å². The second-order valence-electron chi connectivity index (χ2n) is 5.99. The molecule has 26 heavy (non-hydrogen) atoms. The largest absolute Gasteiger partial charge is 0.439 e. The zero-order chi connectivity index (χ0) is 18.7. The quantitative estimate of drug-likeness (QED) is 0.421. The van der Waals surface area contributed by atoms with Gasteiger partial charge in [-0.15, -0.1) is 0 Å². The Morgan fingerprint density at radius 3 is 2.38 bits per heavy atom. The number of thioether (sulfide) groups is 1. The predicted octanol–water partition coefficient (Wildman–Crippen LogP) is 5.76. The van der Waals surface area contributed by atoms with Gasteiger partial charge >= 0.3 is 0 Å². The Morgan fingerprint density at radius 1 is 0.962 bits per heavy atom. The van der Waals surface area contributed by atoms with E-state index < -0.39 is 11.6 Å². The maximum atomic E-state index is 13.8. The molecule has 0 radical (unpaired) electrons. The van der Waals surface area contributed by atoms with Gasteiger partial charge in [0.2, 0.25) is 5.88 Å². The fraction of sp³-hybridized carbons (Fsp3) is 0.200. The summed E-state index contributed by atoms with van der Waals surface area (Å²) in [6.07, 6.45) is 0. The molecule has 3 aromatic rings. The van der Waals surface area contributed by atoms with Crippen LogP contribution in [0.4, 0.5) is 8.78 Å². The van der Waals surface area contributed by atoms with Gasteiger partial charge in [-0.25, -0.2) is 13.8 Å². The summed E-state index contributed by atoms with van der Waals surface area (Å²) >= 11 is 1.17. The van der Waals surface area contributed by atoms with Gasteiger partial charge in [0.1, 0.15) is 17.4 Å². The summed E-state index contributed by atoms with van der Waals surface area (Å²) in [6.45, 7) is 5.81. The first-order chi connectivity index (χ1) is 12.4. The van der Waals surface area contributed by atoms with Gasteiger partial charge in [0, 0.05) is 23.1 Å². The zero-order valence-electron chi connectivity index (χ0n) is 14.7. The number of nitrogens with zero attached hydrogens (tertiary/aromatic N) is 2. The van der Waals surface area contributed by atoms with E-state index in [1.165, 1.54) is 30.0 Å². The highest BCUT2D eigenvalue weighted by atomic mass is 32.2.